The van der Waals surface area contributed by atoms with Crippen LogP contribution < -0.4 is 33.2 Å². The molecule has 4 amide bonds. The smallest absolute Gasteiger partial charge is 0.326 e. The number of aliphatic carboxylic acids is 2. The van der Waals surface area contributed by atoms with Gasteiger partial charge in [0.05, 0.1) is 19.1 Å². The Morgan fingerprint density at radius 3 is 1.82 bits per heavy atom. The minimum atomic E-state index is -1.52. The van der Waals surface area contributed by atoms with E-state index in [-0.39, 0.29) is 12.8 Å². The molecule has 0 aromatic rings. The van der Waals surface area contributed by atoms with E-state index >= 15 is 0 Å². The molecule has 12 N–H and O–H groups in total. The Hall–Kier alpha value is -3.30. The van der Waals surface area contributed by atoms with E-state index in [4.69, 9.17) is 22.3 Å². The van der Waals surface area contributed by atoms with Gasteiger partial charge in [-0.2, -0.15) is 0 Å². The first-order chi connectivity index (χ1) is 15.4. The molecule has 0 aliphatic heterocycles. The largest absolute Gasteiger partial charge is 0.481 e. The van der Waals surface area contributed by atoms with Gasteiger partial charge in [0.15, 0.2) is 0 Å². The van der Waals surface area contributed by atoms with Crippen molar-refractivity contribution in [3.05, 3.63) is 0 Å². The monoisotopic (exact) mass is 476 g/mol. The van der Waals surface area contributed by atoms with Gasteiger partial charge in [0.25, 0.3) is 0 Å². The van der Waals surface area contributed by atoms with Crippen molar-refractivity contribution in [3.63, 3.8) is 0 Å². The number of hydrogen-bond acceptors (Lipinski definition) is 9. The molecule has 0 aliphatic rings. The van der Waals surface area contributed by atoms with Gasteiger partial charge in [0, 0.05) is 6.42 Å². The minimum Gasteiger partial charge on any atom is -0.481 e. The second kappa shape index (κ2) is 15.5. The van der Waals surface area contributed by atoms with Gasteiger partial charge >= 0.3 is 11.9 Å². The molecule has 0 spiro atoms. The molecule has 0 aromatic heterocycles. The van der Waals surface area contributed by atoms with E-state index in [1.165, 1.54) is 0 Å². The van der Waals surface area contributed by atoms with Crippen LogP contribution in [-0.2, 0) is 28.8 Å². The number of carbonyl (C=O) groups excluding carboxylic acids is 4. The highest BCUT2D eigenvalue weighted by Crippen LogP contribution is 2.05. The predicted octanol–water partition coefficient (Wildman–Crippen LogP) is -4.29. The number of carboxylic acid groups (broad SMARTS) is 2. The molecule has 0 heterocycles. The summed E-state index contributed by atoms with van der Waals surface area (Å²) in [5, 5.41) is 34.0. The summed E-state index contributed by atoms with van der Waals surface area (Å²) in [6.45, 7) is -0.569. The maximum absolute atomic E-state index is 12.6. The molecular formula is C18H32N6O9. The molecule has 0 aromatic carbocycles. The van der Waals surface area contributed by atoms with Crippen LogP contribution in [-0.4, -0.2) is 88.2 Å². The molecular weight excluding hydrogens is 444 g/mol. The van der Waals surface area contributed by atoms with Crippen LogP contribution in [0.4, 0.5) is 0 Å². The number of aliphatic hydroxyl groups is 1. The second-order valence-electron chi connectivity index (χ2n) is 7.20. The van der Waals surface area contributed by atoms with E-state index in [0.717, 1.165) is 0 Å². The third kappa shape index (κ3) is 12.4. The fraction of sp³-hybridized carbons (Fsp3) is 0.667. The molecule has 0 fully saturated rings. The van der Waals surface area contributed by atoms with Crippen LogP contribution in [0.25, 0.3) is 0 Å². The summed E-state index contributed by atoms with van der Waals surface area (Å²) >= 11 is 0. The van der Waals surface area contributed by atoms with Crippen molar-refractivity contribution in [2.75, 3.05) is 13.2 Å². The van der Waals surface area contributed by atoms with Crippen LogP contribution in [0, 0.1) is 0 Å². The first kappa shape index (κ1) is 29.7. The zero-order valence-corrected chi connectivity index (χ0v) is 18.0. The quantitative estimate of drug-likeness (QED) is 0.0905. The van der Waals surface area contributed by atoms with Gasteiger partial charge in [-0.15, -0.1) is 0 Å². The lowest BCUT2D eigenvalue weighted by molar-refractivity contribution is -0.143. The van der Waals surface area contributed by atoms with Crippen LogP contribution >= 0.6 is 0 Å². The lowest BCUT2D eigenvalue weighted by Crippen LogP contribution is -2.58. The third-order valence-electron chi connectivity index (χ3n) is 4.41. The Kier molecular flexibility index (Phi) is 13.9. The first-order valence-corrected chi connectivity index (χ1v) is 10.1. The lowest BCUT2D eigenvalue weighted by atomic mass is 10.1. The van der Waals surface area contributed by atoms with E-state index in [1.54, 1.807) is 0 Å². The number of carbonyl (C=O) groups is 6. The average molecular weight is 476 g/mol. The van der Waals surface area contributed by atoms with Crippen molar-refractivity contribution in [1.82, 2.24) is 16.0 Å². The molecule has 188 valence electrons. The summed E-state index contributed by atoms with van der Waals surface area (Å²) in [4.78, 5) is 70.0. The molecule has 0 aliphatic carbocycles. The van der Waals surface area contributed by atoms with Crippen molar-refractivity contribution in [3.8, 4) is 0 Å². The van der Waals surface area contributed by atoms with E-state index < -0.39 is 79.2 Å². The molecule has 33 heavy (non-hydrogen) atoms. The summed E-state index contributed by atoms with van der Waals surface area (Å²) in [5.74, 6) is -6.36. The fourth-order valence-electron chi connectivity index (χ4n) is 2.61. The van der Waals surface area contributed by atoms with Crippen LogP contribution in [0.5, 0.6) is 0 Å². The fourth-order valence-corrected chi connectivity index (χ4v) is 2.61. The maximum atomic E-state index is 12.6. The lowest BCUT2D eigenvalue weighted by Gasteiger charge is -2.24. The highest BCUT2D eigenvalue weighted by Gasteiger charge is 2.30. The number of carboxylic acids is 2. The third-order valence-corrected chi connectivity index (χ3v) is 4.41. The van der Waals surface area contributed by atoms with Crippen LogP contribution in [0.2, 0.25) is 0 Å². The van der Waals surface area contributed by atoms with Gasteiger partial charge in [0.1, 0.15) is 18.1 Å². The summed E-state index contributed by atoms with van der Waals surface area (Å²) in [7, 11) is 0. The molecule has 0 saturated carbocycles. The van der Waals surface area contributed by atoms with Crippen molar-refractivity contribution in [1.29, 1.82) is 0 Å². The van der Waals surface area contributed by atoms with E-state index in [9.17, 15) is 39.0 Å². The van der Waals surface area contributed by atoms with Gasteiger partial charge in [-0.1, -0.05) is 0 Å². The summed E-state index contributed by atoms with van der Waals surface area (Å²) in [6.07, 6.45) is -0.473. The molecule has 0 rings (SSSR count). The van der Waals surface area contributed by atoms with Crippen LogP contribution in [0.3, 0.4) is 0 Å². The zero-order valence-electron chi connectivity index (χ0n) is 18.0. The number of hydrogen-bond donors (Lipinski definition) is 9. The topological polar surface area (TPSA) is 277 Å². The molecule has 4 unspecified atom stereocenters. The predicted molar refractivity (Wildman–Crippen MR) is 112 cm³/mol. The molecule has 15 nitrogen and oxygen atoms in total. The molecule has 0 saturated heterocycles. The minimum absolute atomic E-state index is 0.0489. The number of nitrogens with two attached hydrogens (primary N) is 3. The highest BCUT2D eigenvalue weighted by molar-refractivity contribution is 5.95. The van der Waals surface area contributed by atoms with E-state index in [2.05, 4.69) is 16.0 Å². The molecule has 0 bridgehead atoms. The SMILES string of the molecule is NCCCCC(NC(=O)C(CO)NC(=O)C(N)CC(N)=O)C(=O)NC(CCC(=O)O)C(=O)O. The normalized spacial score (nSPS) is 14.3. The first-order valence-electron chi connectivity index (χ1n) is 10.1. The van der Waals surface area contributed by atoms with E-state index in [0.29, 0.717) is 19.4 Å². The van der Waals surface area contributed by atoms with Crippen LogP contribution in [0.15, 0.2) is 0 Å². The zero-order chi connectivity index (χ0) is 25.6. The molecule has 0 radical (unpaired) electrons. The molecule has 4 atom stereocenters. The number of rotatable bonds is 17. The Morgan fingerprint density at radius 2 is 1.33 bits per heavy atom. The number of primary amides is 1. The summed E-state index contributed by atoms with van der Waals surface area (Å²) in [6, 6.07) is -5.66. The number of aliphatic hydroxyl groups excluding tert-OH is 1. The van der Waals surface area contributed by atoms with Crippen molar-refractivity contribution in [2.45, 2.75) is 62.7 Å². The maximum Gasteiger partial charge on any atom is 0.326 e. The van der Waals surface area contributed by atoms with Gasteiger partial charge in [-0.3, -0.25) is 24.0 Å². The van der Waals surface area contributed by atoms with Gasteiger partial charge in [-0.05, 0) is 32.2 Å². The molecule has 15 heteroatoms. The van der Waals surface area contributed by atoms with Gasteiger partial charge in [-0.25, -0.2) is 4.79 Å². The summed E-state index contributed by atoms with van der Waals surface area (Å²) in [5.41, 5.74) is 15.9. The number of nitrogens with one attached hydrogen (secondary N) is 3. The Balaban J connectivity index is 5.30. The number of unbranched alkanes of at least 4 members (excludes halogenated alkanes) is 1. The summed E-state index contributed by atoms with van der Waals surface area (Å²) < 4.78 is 0. The Bertz CT molecular complexity index is 718. The Labute approximate surface area is 189 Å². The van der Waals surface area contributed by atoms with Gasteiger partial charge < -0.3 is 48.5 Å². The Morgan fingerprint density at radius 1 is 0.788 bits per heavy atom. The number of amides is 4. The second-order valence-corrected chi connectivity index (χ2v) is 7.20. The van der Waals surface area contributed by atoms with Gasteiger partial charge in [0.2, 0.25) is 23.6 Å². The van der Waals surface area contributed by atoms with Crippen molar-refractivity contribution < 1.29 is 44.1 Å². The van der Waals surface area contributed by atoms with Crippen molar-refractivity contribution in [2.24, 2.45) is 17.2 Å². The van der Waals surface area contributed by atoms with Crippen molar-refractivity contribution >= 4 is 35.6 Å². The standard InChI is InChI=1S/C18H32N6O9/c19-6-2-1-3-10(16(30)23-11(18(32)33)4-5-14(27)28)22-17(31)12(8-25)24-15(29)9(20)7-13(21)26/h9-12,25H,1-8,19-20H2,(H2,21,26)(H,22,31)(H,23,30)(H,24,29)(H,27,28)(H,32,33). The highest BCUT2D eigenvalue weighted by atomic mass is 16.4. The van der Waals surface area contributed by atoms with Crippen LogP contribution in [0.1, 0.15) is 38.5 Å². The average Bonchev–Trinajstić information content (AvgIpc) is 2.72. The van der Waals surface area contributed by atoms with E-state index in [1.807, 2.05) is 0 Å².